The van der Waals surface area contributed by atoms with Gasteiger partial charge in [-0.1, -0.05) is 24.5 Å². The molecule has 50 valence electrons. The molecule has 0 aromatic rings. The number of hydrogen-bond donors (Lipinski definition) is 0. The quantitative estimate of drug-likeness (QED) is 0.433. The molecule has 1 saturated carbocycles. The van der Waals surface area contributed by atoms with E-state index in [4.69, 9.17) is 0 Å². The maximum absolute atomic E-state index is 2.48. The fraction of sp³-hybridized carbons (Fsp3) is 0.778. The van der Waals surface area contributed by atoms with Gasteiger partial charge in [-0.05, 0) is 31.6 Å². The molecular weight excluding hydrogens is 108 g/mol. The van der Waals surface area contributed by atoms with Crippen molar-refractivity contribution in [1.82, 2.24) is 0 Å². The van der Waals surface area contributed by atoms with Crippen LogP contribution in [0.25, 0.3) is 0 Å². The third-order valence-electron chi connectivity index (χ3n) is 2.51. The molecule has 0 aromatic carbocycles. The van der Waals surface area contributed by atoms with E-state index in [1.807, 2.05) is 0 Å². The summed E-state index contributed by atoms with van der Waals surface area (Å²) in [4.78, 5) is 0. The van der Waals surface area contributed by atoms with Crippen LogP contribution in [0.4, 0.5) is 0 Å². The summed E-state index contributed by atoms with van der Waals surface area (Å²) in [5.41, 5.74) is 1.77. The summed E-state index contributed by atoms with van der Waals surface area (Å²) in [6, 6.07) is 0. The van der Waals surface area contributed by atoms with Crippen LogP contribution in [0, 0.1) is 5.92 Å². The Labute approximate surface area is 57.0 Å². The van der Waals surface area contributed by atoms with Gasteiger partial charge < -0.3 is 0 Å². The van der Waals surface area contributed by atoms with Gasteiger partial charge in [0.2, 0.25) is 0 Å². The van der Waals surface area contributed by atoms with Gasteiger partial charge in [-0.25, -0.2) is 0 Å². The average Bonchev–Trinajstić information content (AvgIpc) is 2.46. The maximum Gasteiger partial charge on any atom is -0.0166 e. The van der Waals surface area contributed by atoms with Gasteiger partial charge in [-0.15, -0.1) is 0 Å². The highest BCUT2D eigenvalue weighted by Gasteiger charge is 2.28. The minimum Gasteiger partial charge on any atom is -0.0850 e. The van der Waals surface area contributed by atoms with E-state index in [-0.39, 0.29) is 0 Å². The minimum absolute atomic E-state index is 1.05. The van der Waals surface area contributed by atoms with Gasteiger partial charge >= 0.3 is 0 Å². The fourth-order valence-electron chi connectivity index (χ4n) is 1.76. The van der Waals surface area contributed by atoms with Gasteiger partial charge in [0.25, 0.3) is 0 Å². The summed E-state index contributed by atoms with van der Waals surface area (Å²) in [6.45, 7) is 0. The molecule has 0 bridgehead atoms. The SMILES string of the molecule is C1=C2\CC2CCCCC/1. The molecule has 9 heavy (non-hydrogen) atoms. The molecule has 0 heterocycles. The summed E-state index contributed by atoms with van der Waals surface area (Å²) in [5, 5.41) is 0. The van der Waals surface area contributed by atoms with Crippen molar-refractivity contribution in [2.75, 3.05) is 0 Å². The van der Waals surface area contributed by atoms with Crippen LogP contribution < -0.4 is 0 Å². The maximum atomic E-state index is 2.48. The molecule has 0 nitrogen and oxygen atoms in total. The number of fused-ring (bicyclic) bond motifs is 1. The molecule has 0 aromatic heterocycles. The van der Waals surface area contributed by atoms with Gasteiger partial charge in [0.15, 0.2) is 0 Å². The molecule has 2 rings (SSSR count). The van der Waals surface area contributed by atoms with Gasteiger partial charge in [-0.3, -0.25) is 0 Å². The van der Waals surface area contributed by atoms with E-state index in [1.165, 1.54) is 38.5 Å². The normalized spacial score (nSPS) is 39.6. The second-order valence-corrected chi connectivity index (χ2v) is 3.32. The monoisotopic (exact) mass is 122 g/mol. The van der Waals surface area contributed by atoms with E-state index in [2.05, 4.69) is 6.08 Å². The smallest absolute Gasteiger partial charge is 0.0166 e. The Morgan fingerprint density at radius 1 is 1.22 bits per heavy atom. The predicted octanol–water partition coefficient (Wildman–Crippen LogP) is 2.90. The lowest BCUT2D eigenvalue weighted by molar-refractivity contribution is 0.606. The highest BCUT2D eigenvalue weighted by atomic mass is 14.3. The van der Waals surface area contributed by atoms with Gasteiger partial charge in [0.05, 0.1) is 0 Å². The van der Waals surface area contributed by atoms with Gasteiger partial charge in [0.1, 0.15) is 0 Å². The zero-order valence-electron chi connectivity index (χ0n) is 5.90. The van der Waals surface area contributed by atoms with Crippen molar-refractivity contribution in [3.05, 3.63) is 11.6 Å². The molecule has 0 radical (unpaired) electrons. The first-order valence-electron chi connectivity index (χ1n) is 4.16. The van der Waals surface area contributed by atoms with Crippen LogP contribution in [0.1, 0.15) is 38.5 Å². The van der Waals surface area contributed by atoms with Crippen LogP contribution in [-0.4, -0.2) is 0 Å². The first-order chi connectivity index (χ1) is 4.47. The van der Waals surface area contributed by atoms with Gasteiger partial charge in [0, 0.05) is 0 Å². The third kappa shape index (κ3) is 1.17. The first-order valence-corrected chi connectivity index (χ1v) is 4.16. The Kier molecular flexibility index (Phi) is 1.33. The van der Waals surface area contributed by atoms with E-state index >= 15 is 0 Å². The average molecular weight is 122 g/mol. The van der Waals surface area contributed by atoms with Crippen molar-refractivity contribution in [3.63, 3.8) is 0 Å². The van der Waals surface area contributed by atoms with E-state index in [0.29, 0.717) is 0 Å². The van der Waals surface area contributed by atoms with Crippen molar-refractivity contribution < 1.29 is 0 Å². The molecule has 0 heteroatoms. The lowest BCUT2D eigenvalue weighted by Gasteiger charge is -1.99. The van der Waals surface area contributed by atoms with Crippen LogP contribution in [-0.2, 0) is 0 Å². The second-order valence-electron chi connectivity index (χ2n) is 3.32. The van der Waals surface area contributed by atoms with Crippen molar-refractivity contribution in [1.29, 1.82) is 0 Å². The Bertz CT molecular complexity index is 133. The predicted molar refractivity (Wildman–Crippen MR) is 39.3 cm³/mol. The van der Waals surface area contributed by atoms with Crippen molar-refractivity contribution >= 4 is 0 Å². The molecule has 0 saturated heterocycles. The molecule has 2 aliphatic carbocycles. The summed E-state index contributed by atoms with van der Waals surface area (Å²) >= 11 is 0. The van der Waals surface area contributed by atoms with Crippen LogP contribution in [0.2, 0.25) is 0 Å². The topological polar surface area (TPSA) is 0 Å². The van der Waals surface area contributed by atoms with E-state index in [1.54, 1.807) is 5.57 Å². The molecule has 0 aliphatic heterocycles. The molecular formula is C9H14. The lowest BCUT2D eigenvalue weighted by Crippen LogP contribution is -1.82. The Balaban J connectivity index is 1.97. The number of hydrogen-bond acceptors (Lipinski definition) is 0. The highest BCUT2D eigenvalue weighted by molar-refractivity contribution is 5.23. The third-order valence-corrected chi connectivity index (χ3v) is 2.51. The summed E-state index contributed by atoms with van der Waals surface area (Å²) in [5.74, 6) is 1.05. The number of allylic oxidation sites excluding steroid dienone is 2. The molecule has 2 aliphatic rings. The summed E-state index contributed by atoms with van der Waals surface area (Å²) in [6.07, 6.45) is 11.2. The van der Waals surface area contributed by atoms with Crippen LogP contribution in [0.15, 0.2) is 11.6 Å². The number of rotatable bonds is 0. The van der Waals surface area contributed by atoms with Crippen molar-refractivity contribution in [3.8, 4) is 0 Å². The molecule has 0 amide bonds. The highest BCUT2D eigenvalue weighted by Crippen LogP contribution is 2.43. The fourth-order valence-corrected chi connectivity index (χ4v) is 1.76. The zero-order valence-corrected chi connectivity index (χ0v) is 5.90. The summed E-state index contributed by atoms with van der Waals surface area (Å²) in [7, 11) is 0. The first kappa shape index (κ1) is 5.52. The Morgan fingerprint density at radius 2 is 2.22 bits per heavy atom. The Morgan fingerprint density at radius 3 is 3.22 bits per heavy atom. The van der Waals surface area contributed by atoms with Gasteiger partial charge in [-0.2, -0.15) is 0 Å². The van der Waals surface area contributed by atoms with E-state index in [0.717, 1.165) is 5.92 Å². The molecule has 0 N–H and O–H groups in total. The minimum atomic E-state index is 1.05. The molecule has 1 fully saturated rings. The van der Waals surface area contributed by atoms with Crippen molar-refractivity contribution in [2.45, 2.75) is 38.5 Å². The van der Waals surface area contributed by atoms with Crippen LogP contribution in [0.5, 0.6) is 0 Å². The Hall–Kier alpha value is -0.260. The molecule has 0 spiro atoms. The van der Waals surface area contributed by atoms with Crippen molar-refractivity contribution in [2.24, 2.45) is 5.92 Å². The van der Waals surface area contributed by atoms with Crippen LogP contribution >= 0.6 is 0 Å². The van der Waals surface area contributed by atoms with E-state index in [9.17, 15) is 0 Å². The summed E-state index contributed by atoms with van der Waals surface area (Å²) < 4.78 is 0. The standard InChI is InChI=1S/C9H14/c1-2-4-6-9-7-8(9)5-3-1/h5,9H,1-4,6-7H2/b8-5+. The molecule has 1 atom stereocenters. The second kappa shape index (κ2) is 2.17. The lowest BCUT2D eigenvalue weighted by atomic mass is 10.1. The largest absolute Gasteiger partial charge is 0.0850 e. The molecule has 1 unspecified atom stereocenters. The van der Waals surface area contributed by atoms with Crippen LogP contribution in [0.3, 0.4) is 0 Å². The van der Waals surface area contributed by atoms with E-state index < -0.39 is 0 Å². The zero-order chi connectivity index (χ0) is 6.10.